The maximum Gasteiger partial charge on any atom is 0.147 e. The second kappa shape index (κ2) is 7.09. The number of benzene rings is 2. The third-order valence-corrected chi connectivity index (χ3v) is 2.74. The van der Waals surface area contributed by atoms with Crippen molar-refractivity contribution in [1.29, 1.82) is 5.26 Å². The van der Waals surface area contributed by atoms with E-state index in [0.717, 1.165) is 0 Å². The Morgan fingerprint density at radius 3 is 2.76 bits per heavy atom. The molecule has 4 heteroatoms. The Hall–Kier alpha value is -2.82. The molecule has 0 radical (unpaired) electrons. The molecule has 104 valence electrons. The standard InChI is InChI=1S/C17H12FNO2/c18-17-14(11-19)6-2-7-15(17)12-21-16-8-1-4-13(10-16)5-3-9-20/h1-2,4,6-8,10,20H,9,12H2. The Balaban J connectivity index is 2.12. The first-order chi connectivity index (χ1) is 10.2. The van der Waals surface area contributed by atoms with Crippen molar-refractivity contribution in [3.8, 4) is 23.7 Å². The summed E-state index contributed by atoms with van der Waals surface area (Å²) >= 11 is 0. The Morgan fingerprint density at radius 1 is 1.19 bits per heavy atom. The number of rotatable bonds is 3. The summed E-state index contributed by atoms with van der Waals surface area (Å²) in [4.78, 5) is 0. The topological polar surface area (TPSA) is 53.2 Å². The summed E-state index contributed by atoms with van der Waals surface area (Å²) in [7, 11) is 0. The smallest absolute Gasteiger partial charge is 0.147 e. The zero-order valence-corrected chi connectivity index (χ0v) is 11.1. The van der Waals surface area contributed by atoms with Crippen molar-refractivity contribution >= 4 is 0 Å². The van der Waals surface area contributed by atoms with Gasteiger partial charge in [0.25, 0.3) is 0 Å². The first-order valence-electron chi connectivity index (χ1n) is 6.24. The summed E-state index contributed by atoms with van der Waals surface area (Å²) in [5.74, 6) is 5.29. The van der Waals surface area contributed by atoms with E-state index in [1.165, 1.54) is 6.07 Å². The average Bonchev–Trinajstić information content (AvgIpc) is 2.52. The second-order valence-corrected chi connectivity index (χ2v) is 4.17. The lowest BCUT2D eigenvalue weighted by atomic mass is 10.1. The molecule has 0 saturated heterocycles. The van der Waals surface area contributed by atoms with E-state index in [9.17, 15) is 4.39 Å². The molecule has 0 aliphatic rings. The lowest BCUT2D eigenvalue weighted by molar-refractivity contribution is 0.299. The quantitative estimate of drug-likeness (QED) is 0.880. The first kappa shape index (κ1) is 14.6. The lowest BCUT2D eigenvalue weighted by Gasteiger charge is -2.08. The van der Waals surface area contributed by atoms with Gasteiger partial charge in [0.1, 0.15) is 30.8 Å². The fourth-order valence-corrected chi connectivity index (χ4v) is 1.74. The van der Waals surface area contributed by atoms with E-state index in [-0.39, 0.29) is 18.8 Å². The molecule has 0 unspecified atom stereocenters. The van der Waals surface area contributed by atoms with Gasteiger partial charge in [0, 0.05) is 11.1 Å². The van der Waals surface area contributed by atoms with Gasteiger partial charge in [-0.25, -0.2) is 4.39 Å². The van der Waals surface area contributed by atoms with E-state index in [2.05, 4.69) is 11.8 Å². The van der Waals surface area contributed by atoms with Crippen LogP contribution in [-0.4, -0.2) is 11.7 Å². The third-order valence-electron chi connectivity index (χ3n) is 2.74. The van der Waals surface area contributed by atoms with E-state index in [0.29, 0.717) is 16.9 Å². The number of nitriles is 1. The largest absolute Gasteiger partial charge is 0.489 e. The Kier molecular flexibility index (Phi) is 4.93. The highest BCUT2D eigenvalue weighted by atomic mass is 19.1. The van der Waals surface area contributed by atoms with Gasteiger partial charge in [0.15, 0.2) is 0 Å². The van der Waals surface area contributed by atoms with E-state index in [1.807, 2.05) is 0 Å². The summed E-state index contributed by atoms with van der Waals surface area (Å²) in [6, 6.07) is 13.4. The van der Waals surface area contributed by atoms with Gasteiger partial charge in [-0.3, -0.25) is 0 Å². The van der Waals surface area contributed by atoms with Crippen molar-refractivity contribution in [2.75, 3.05) is 6.61 Å². The van der Waals surface area contributed by atoms with E-state index >= 15 is 0 Å². The average molecular weight is 281 g/mol. The molecule has 0 spiro atoms. The van der Waals surface area contributed by atoms with Crippen molar-refractivity contribution in [3.05, 3.63) is 65.0 Å². The minimum atomic E-state index is -0.559. The second-order valence-electron chi connectivity index (χ2n) is 4.17. The molecule has 2 rings (SSSR count). The SMILES string of the molecule is N#Cc1cccc(COc2cccc(C#CCO)c2)c1F. The predicted octanol–water partition coefficient (Wildman–Crippen LogP) is 2.62. The molecular formula is C17H12FNO2. The van der Waals surface area contributed by atoms with Crippen molar-refractivity contribution in [2.24, 2.45) is 0 Å². The van der Waals surface area contributed by atoms with Crippen molar-refractivity contribution < 1.29 is 14.2 Å². The van der Waals surface area contributed by atoms with E-state index in [1.54, 1.807) is 42.5 Å². The molecule has 0 bridgehead atoms. The van der Waals surface area contributed by atoms with Crippen LogP contribution in [0.3, 0.4) is 0 Å². The molecule has 0 heterocycles. The van der Waals surface area contributed by atoms with Crippen molar-refractivity contribution in [1.82, 2.24) is 0 Å². The molecule has 0 amide bonds. The van der Waals surface area contributed by atoms with Crippen LogP contribution in [0.25, 0.3) is 0 Å². The summed E-state index contributed by atoms with van der Waals surface area (Å²) in [6.45, 7) is -0.185. The van der Waals surface area contributed by atoms with Gasteiger partial charge in [-0.05, 0) is 24.3 Å². The molecular weight excluding hydrogens is 269 g/mol. The molecule has 3 nitrogen and oxygen atoms in total. The number of halogens is 1. The zero-order valence-electron chi connectivity index (χ0n) is 11.1. The minimum Gasteiger partial charge on any atom is -0.489 e. The highest BCUT2D eigenvalue weighted by Gasteiger charge is 2.08. The van der Waals surface area contributed by atoms with Crippen LogP contribution in [0.1, 0.15) is 16.7 Å². The number of aliphatic hydroxyl groups is 1. The fraction of sp³-hybridized carbons (Fsp3) is 0.118. The fourth-order valence-electron chi connectivity index (χ4n) is 1.74. The normalized spacial score (nSPS) is 9.38. The molecule has 21 heavy (non-hydrogen) atoms. The van der Waals surface area contributed by atoms with E-state index < -0.39 is 5.82 Å². The van der Waals surface area contributed by atoms with Gasteiger partial charge in [-0.15, -0.1) is 0 Å². The maximum absolute atomic E-state index is 13.9. The van der Waals surface area contributed by atoms with Crippen LogP contribution >= 0.6 is 0 Å². The van der Waals surface area contributed by atoms with Gasteiger partial charge in [-0.1, -0.05) is 30.0 Å². The predicted molar refractivity (Wildman–Crippen MR) is 75.9 cm³/mol. The molecule has 1 N–H and O–H groups in total. The Morgan fingerprint density at radius 2 is 2.00 bits per heavy atom. The number of ether oxygens (including phenoxy) is 1. The zero-order chi connectivity index (χ0) is 15.1. The van der Waals surface area contributed by atoms with Crippen LogP contribution in [0.15, 0.2) is 42.5 Å². The number of nitrogens with zero attached hydrogens (tertiary/aromatic N) is 1. The molecule has 0 saturated carbocycles. The molecule has 0 aromatic heterocycles. The number of hydrogen-bond donors (Lipinski definition) is 1. The summed E-state index contributed by atoms with van der Waals surface area (Å²) < 4.78 is 19.4. The third kappa shape index (κ3) is 3.82. The minimum absolute atomic E-state index is 0.00124. The molecule has 0 atom stereocenters. The van der Waals surface area contributed by atoms with Crippen molar-refractivity contribution in [3.63, 3.8) is 0 Å². The van der Waals surface area contributed by atoms with Gasteiger partial charge in [0.05, 0.1) is 5.56 Å². The highest BCUT2D eigenvalue weighted by Crippen LogP contribution is 2.17. The molecule has 0 aliphatic carbocycles. The van der Waals surface area contributed by atoms with Crippen LogP contribution in [0.5, 0.6) is 5.75 Å². The Labute approximate surface area is 122 Å². The number of aliphatic hydroxyl groups excluding tert-OH is 1. The monoisotopic (exact) mass is 281 g/mol. The van der Waals surface area contributed by atoms with Crippen molar-refractivity contribution in [2.45, 2.75) is 6.61 Å². The molecule has 2 aromatic rings. The highest BCUT2D eigenvalue weighted by molar-refractivity contribution is 5.40. The van der Waals surface area contributed by atoms with Crippen LogP contribution in [0.4, 0.5) is 4.39 Å². The molecule has 2 aromatic carbocycles. The van der Waals surface area contributed by atoms with Gasteiger partial charge in [-0.2, -0.15) is 5.26 Å². The Bertz CT molecular complexity index is 738. The summed E-state index contributed by atoms with van der Waals surface area (Å²) in [5, 5.41) is 17.4. The van der Waals surface area contributed by atoms with Crippen LogP contribution in [0, 0.1) is 29.0 Å². The molecule has 0 fully saturated rings. The lowest BCUT2D eigenvalue weighted by Crippen LogP contribution is -2.00. The summed E-state index contributed by atoms with van der Waals surface area (Å²) in [6.07, 6.45) is 0. The van der Waals surface area contributed by atoms with Gasteiger partial charge >= 0.3 is 0 Å². The number of hydrogen-bond acceptors (Lipinski definition) is 3. The van der Waals surface area contributed by atoms with Gasteiger partial charge in [0.2, 0.25) is 0 Å². The van der Waals surface area contributed by atoms with Crippen LogP contribution in [0.2, 0.25) is 0 Å². The maximum atomic E-state index is 13.9. The van der Waals surface area contributed by atoms with E-state index in [4.69, 9.17) is 15.1 Å². The first-order valence-corrected chi connectivity index (χ1v) is 6.24. The summed E-state index contributed by atoms with van der Waals surface area (Å²) in [5.41, 5.74) is 1.02. The van der Waals surface area contributed by atoms with Crippen LogP contribution < -0.4 is 4.74 Å². The van der Waals surface area contributed by atoms with Crippen LogP contribution in [-0.2, 0) is 6.61 Å². The van der Waals surface area contributed by atoms with Gasteiger partial charge < -0.3 is 9.84 Å². The molecule has 0 aliphatic heterocycles.